The first-order chi connectivity index (χ1) is 8.95. The number of carbonyl (C=O) groups excluding carboxylic acids is 1. The molecule has 1 fully saturated rings. The van der Waals surface area contributed by atoms with Crippen LogP contribution >= 0.6 is 0 Å². The van der Waals surface area contributed by atoms with Crippen LogP contribution in [0.4, 0.5) is 0 Å². The van der Waals surface area contributed by atoms with E-state index in [4.69, 9.17) is 4.74 Å². The number of hydrogen-bond donors (Lipinski definition) is 0. The molecule has 2 nitrogen and oxygen atoms in total. The molecule has 2 aliphatic carbocycles. The Kier molecular flexibility index (Phi) is 4.00. The molecule has 0 amide bonds. The number of ether oxygens (including phenoxy) is 1. The molecule has 2 heteroatoms. The second-order valence-electron chi connectivity index (χ2n) is 6.45. The summed E-state index contributed by atoms with van der Waals surface area (Å²) in [6.07, 6.45) is 8.27. The molecule has 0 aromatic rings. The molecule has 0 aliphatic heterocycles. The maximum Gasteiger partial charge on any atom is 0.169 e. The van der Waals surface area contributed by atoms with Crippen molar-refractivity contribution >= 4 is 5.78 Å². The monoisotopic (exact) mass is 262 g/mol. The van der Waals surface area contributed by atoms with E-state index >= 15 is 0 Å². The van der Waals surface area contributed by atoms with Crippen LogP contribution in [0, 0.1) is 23.2 Å². The van der Waals surface area contributed by atoms with Gasteiger partial charge in [-0.1, -0.05) is 37.6 Å². The smallest absolute Gasteiger partial charge is 0.169 e. The zero-order chi connectivity index (χ0) is 14.2. The van der Waals surface area contributed by atoms with Crippen molar-refractivity contribution in [2.75, 3.05) is 7.11 Å². The van der Waals surface area contributed by atoms with E-state index < -0.39 is 0 Å². The summed E-state index contributed by atoms with van der Waals surface area (Å²) in [6, 6.07) is 0. The number of hydrogen-bond acceptors (Lipinski definition) is 2. The molecular weight excluding hydrogens is 236 g/mol. The van der Waals surface area contributed by atoms with Gasteiger partial charge in [-0.05, 0) is 38.0 Å². The van der Waals surface area contributed by atoms with Gasteiger partial charge in [-0.15, -0.1) is 0 Å². The molecule has 0 bridgehead atoms. The minimum atomic E-state index is -0.274. The molecule has 0 aromatic carbocycles. The van der Waals surface area contributed by atoms with Crippen molar-refractivity contribution in [2.24, 2.45) is 23.2 Å². The molecule has 0 aromatic heterocycles. The van der Waals surface area contributed by atoms with Crippen LogP contribution in [-0.4, -0.2) is 19.0 Å². The Morgan fingerprint density at radius 1 is 1.53 bits per heavy atom. The molecule has 0 radical (unpaired) electrons. The van der Waals surface area contributed by atoms with Gasteiger partial charge in [0.25, 0.3) is 0 Å². The second-order valence-corrected chi connectivity index (χ2v) is 6.45. The first-order valence-electron chi connectivity index (χ1n) is 7.31. The Hall–Kier alpha value is -0.890. The summed E-state index contributed by atoms with van der Waals surface area (Å²) in [5.41, 5.74) is 1.36. The Labute approximate surface area is 116 Å². The summed E-state index contributed by atoms with van der Waals surface area (Å²) in [5, 5.41) is 0. The number of methoxy groups -OCH3 is 1. The van der Waals surface area contributed by atoms with Crippen LogP contribution in [0.2, 0.25) is 0 Å². The molecule has 0 N–H and O–H groups in total. The highest BCUT2D eigenvalue weighted by Crippen LogP contribution is 2.52. The normalized spacial score (nSPS) is 43.2. The SMILES string of the molecule is C/C=C(\C)C1CC2(C)C(C)CC=CC2C(=O)C1OC. The van der Waals surface area contributed by atoms with E-state index in [1.54, 1.807) is 7.11 Å². The summed E-state index contributed by atoms with van der Waals surface area (Å²) in [5.74, 6) is 1.08. The molecule has 0 heterocycles. The molecule has 106 valence electrons. The first-order valence-corrected chi connectivity index (χ1v) is 7.31. The number of rotatable bonds is 2. The zero-order valence-electron chi connectivity index (χ0n) is 12.8. The molecule has 2 aliphatic rings. The Balaban J connectivity index is 2.42. The van der Waals surface area contributed by atoms with Crippen molar-refractivity contribution < 1.29 is 9.53 Å². The van der Waals surface area contributed by atoms with E-state index in [-0.39, 0.29) is 29.1 Å². The van der Waals surface area contributed by atoms with Crippen molar-refractivity contribution in [3.8, 4) is 0 Å². The van der Waals surface area contributed by atoms with Gasteiger partial charge in [0, 0.05) is 18.9 Å². The highest BCUT2D eigenvalue weighted by molar-refractivity contribution is 5.89. The van der Waals surface area contributed by atoms with Crippen LogP contribution < -0.4 is 0 Å². The van der Waals surface area contributed by atoms with Gasteiger partial charge >= 0.3 is 0 Å². The van der Waals surface area contributed by atoms with Gasteiger partial charge in [-0.3, -0.25) is 4.79 Å². The molecule has 1 saturated carbocycles. The first kappa shape index (κ1) is 14.5. The summed E-state index contributed by atoms with van der Waals surface area (Å²) >= 11 is 0. The minimum absolute atomic E-state index is 0.0297. The Morgan fingerprint density at radius 3 is 2.79 bits per heavy atom. The summed E-state index contributed by atoms with van der Waals surface area (Å²) in [6.45, 7) is 8.73. The number of Topliss-reactive ketones (excluding diaryl/α,β-unsaturated/α-hetero) is 1. The summed E-state index contributed by atoms with van der Waals surface area (Å²) in [4.78, 5) is 12.8. The average molecular weight is 262 g/mol. The fourth-order valence-electron chi connectivity index (χ4n) is 3.81. The Bertz CT molecular complexity index is 421. The average Bonchev–Trinajstić information content (AvgIpc) is 2.40. The van der Waals surface area contributed by atoms with Crippen LogP contribution in [0.5, 0.6) is 0 Å². The predicted octanol–water partition coefficient (Wildman–Crippen LogP) is 3.78. The van der Waals surface area contributed by atoms with E-state index in [1.807, 2.05) is 6.92 Å². The molecule has 0 saturated heterocycles. The fourth-order valence-corrected chi connectivity index (χ4v) is 3.81. The molecule has 5 unspecified atom stereocenters. The van der Waals surface area contributed by atoms with Gasteiger partial charge in [-0.2, -0.15) is 0 Å². The van der Waals surface area contributed by atoms with Gasteiger partial charge in [0.2, 0.25) is 0 Å². The van der Waals surface area contributed by atoms with Crippen LogP contribution in [0.15, 0.2) is 23.8 Å². The molecule has 19 heavy (non-hydrogen) atoms. The second kappa shape index (κ2) is 5.24. The number of allylic oxidation sites excluding steroid dienone is 3. The zero-order valence-corrected chi connectivity index (χ0v) is 12.8. The lowest BCUT2D eigenvalue weighted by Crippen LogP contribution is -2.53. The highest BCUT2D eigenvalue weighted by Gasteiger charge is 2.52. The van der Waals surface area contributed by atoms with Crippen LogP contribution in [0.1, 0.15) is 40.5 Å². The maximum atomic E-state index is 12.8. The Morgan fingerprint density at radius 2 is 2.21 bits per heavy atom. The van der Waals surface area contributed by atoms with Crippen LogP contribution in [0.25, 0.3) is 0 Å². The molecular formula is C17H26O2. The lowest BCUT2D eigenvalue weighted by molar-refractivity contribution is -0.147. The van der Waals surface area contributed by atoms with E-state index in [9.17, 15) is 4.79 Å². The number of ketones is 1. The molecule has 2 rings (SSSR count). The maximum absolute atomic E-state index is 12.8. The standard InChI is InChI=1S/C17H26O2/c1-6-11(2)13-10-17(4)12(3)8-7-9-14(17)15(18)16(13)19-5/h6-7,9,12-14,16H,8,10H2,1-5H3/b11-6+. The van der Waals surface area contributed by atoms with Crippen molar-refractivity contribution in [1.82, 2.24) is 0 Å². The van der Waals surface area contributed by atoms with E-state index in [0.717, 1.165) is 12.8 Å². The van der Waals surface area contributed by atoms with Crippen molar-refractivity contribution in [1.29, 1.82) is 0 Å². The lowest BCUT2D eigenvalue weighted by Gasteiger charge is -2.51. The van der Waals surface area contributed by atoms with Gasteiger partial charge < -0.3 is 4.74 Å². The third-order valence-electron chi connectivity index (χ3n) is 5.56. The van der Waals surface area contributed by atoms with E-state index in [2.05, 4.69) is 39.0 Å². The van der Waals surface area contributed by atoms with Gasteiger partial charge in [0.05, 0.1) is 0 Å². The number of fused-ring (bicyclic) bond motifs is 1. The van der Waals surface area contributed by atoms with Gasteiger partial charge in [0.15, 0.2) is 5.78 Å². The van der Waals surface area contributed by atoms with Gasteiger partial charge in [-0.25, -0.2) is 0 Å². The highest BCUT2D eigenvalue weighted by atomic mass is 16.5. The third kappa shape index (κ3) is 2.20. The predicted molar refractivity (Wildman–Crippen MR) is 77.9 cm³/mol. The summed E-state index contributed by atoms with van der Waals surface area (Å²) < 4.78 is 5.54. The van der Waals surface area contributed by atoms with Crippen LogP contribution in [0.3, 0.4) is 0 Å². The quantitative estimate of drug-likeness (QED) is 0.708. The van der Waals surface area contributed by atoms with Crippen molar-refractivity contribution in [2.45, 2.75) is 46.6 Å². The van der Waals surface area contributed by atoms with Crippen LogP contribution in [-0.2, 0) is 9.53 Å². The topological polar surface area (TPSA) is 26.3 Å². The minimum Gasteiger partial charge on any atom is -0.373 e. The third-order valence-corrected chi connectivity index (χ3v) is 5.56. The fraction of sp³-hybridized carbons (Fsp3) is 0.706. The van der Waals surface area contributed by atoms with Crippen molar-refractivity contribution in [3.05, 3.63) is 23.8 Å². The van der Waals surface area contributed by atoms with Crippen molar-refractivity contribution in [3.63, 3.8) is 0 Å². The van der Waals surface area contributed by atoms with E-state index in [0.29, 0.717) is 5.92 Å². The molecule has 0 spiro atoms. The summed E-state index contributed by atoms with van der Waals surface area (Å²) in [7, 11) is 1.66. The number of carbonyl (C=O) groups is 1. The lowest BCUT2D eigenvalue weighted by atomic mass is 9.54. The largest absolute Gasteiger partial charge is 0.373 e. The van der Waals surface area contributed by atoms with E-state index in [1.165, 1.54) is 5.57 Å². The van der Waals surface area contributed by atoms with Gasteiger partial charge in [0.1, 0.15) is 6.10 Å². The molecule has 5 atom stereocenters.